The van der Waals surface area contributed by atoms with E-state index in [9.17, 15) is 27.6 Å². The average molecular weight is 470 g/mol. The topological polar surface area (TPSA) is 78.5 Å². The quantitative estimate of drug-likeness (QED) is 0.667. The van der Waals surface area contributed by atoms with Crippen LogP contribution in [0, 0.1) is 0 Å². The van der Waals surface area contributed by atoms with Crippen molar-refractivity contribution in [2.24, 2.45) is 0 Å². The number of hydrogen-bond acceptors (Lipinski definition) is 3. The molecule has 1 aliphatic rings. The van der Waals surface area contributed by atoms with Crippen LogP contribution < -0.4 is 10.6 Å². The van der Waals surface area contributed by atoms with Gasteiger partial charge in [0.05, 0.1) is 5.56 Å². The first kappa shape index (κ1) is 20.8. The largest absolute Gasteiger partial charge is 0.416 e. The Bertz CT molecular complexity index is 996. The number of halogens is 4. The summed E-state index contributed by atoms with van der Waals surface area (Å²) < 4.78 is 39.0. The van der Waals surface area contributed by atoms with Gasteiger partial charge in [0.15, 0.2) is 0 Å². The second-order valence-electron chi connectivity index (χ2n) is 6.55. The van der Waals surface area contributed by atoms with Gasteiger partial charge in [-0.1, -0.05) is 40.2 Å². The number of hydrogen-bond donors (Lipinski definition) is 2. The van der Waals surface area contributed by atoms with Crippen molar-refractivity contribution in [3.63, 3.8) is 0 Å². The fourth-order valence-electron chi connectivity index (χ4n) is 3.01. The highest BCUT2D eigenvalue weighted by atomic mass is 79.9. The van der Waals surface area contributed by atoms with Gasteiger partial charge in [-0.3, -0.25) is 14.5 Å². The van der Waals surface area contributed by atoms with E-state index in [1.165, 1.54) is 13.0 Å². The molecule has 1 atom stereocenters. The first-order valence-electron chi connectivity index (χ1n) is 8.38. The molecule has 2 aromatic carbocycles. The Labute approximate surface area is 172 Å². The van der Waals surface area contributed by atoms with Gasteiger partial charge in [-0.2, -0.15) is 13.2 Å². The molecule has 0 saturated carbocycles. The van der Waals surface area contributed by atoms with E-state index in [2.05, 4.69) is 26.6 Å². The zero-order chi connectivity index (χ0) is 21.4. The van der Waals surface area contributed by atoms with Crippen molar-refractivity contribution < 1.29 is 27.6 Å². The summed E-state index contributed by atoms with van der Waals surface area (Å²) in [7, 11) is 0. The molecule has 6 nitrogen and oxygen atoms in total. The van der Waals surface area contributed by atoms with E-state index in [0.717, 1.165) is 23.1 Å². The molecular weight excluding hydrogens is 455 g/mol. The molecule has 4 amide bonds. The number of benzene rings is 2. The third-order valence-electron chi connectivity index (χ3n) is 4.46. The van der Waals surface area contributed by atoms with Crippen LogP contribution in [-0.4, -0.2) is 29.3 Å². The van der Waals surface area contributed by atoms with Crippen LogP contribution in [0.4, 0.5) is 23.7 Å². The van der Waals surface area contributed by atoms with Gasteiger partial charge in [-0.25, -0.2) is 4.79 Å². The van der Waals surface area contributed by atoms with E-state index < -0.39 is 41.7 Å². The lowest BCUT2D eigenvalue weighted by Gasteiger charge is -2.23. The minimum Gasteiger partial charge on any atom is -0.325 e. The summed E-state index contributed by atoms with van der Waals surface area (Å²) in [6.07, 6.45) is -4.56. The third-order valence-corrected chi connectivity index (χ3v) is 5.15. The summed E-state index contributed by atoms with van der Waals surface area (Å²) in [5.74, 6) is -1.45. The molecule has 0 aromatic heterocycles. The van der Waals surface area contributed by atoms with Crippen molar-refractivity contribution in [3.8, 4) is 0 Å². The van der Waals surface area contributed by atoms with Gasteiger partial charge in [0, 0.05) is 15.7 Å². The van der Waals surface area contributed by atoms with Crippen LogP contribution in [0.2, 0.25) is 0 Å². The van der Waals surface area contributed by atoms with Crippen molar-refractivity contribution in [1.82, 2.24) is 10.2 Å². The number of carbonyl (C=O) groups is 3. The Kier molecular flexibility index (Phi) is 5.40. The number of nitrogens with one attached hydrogen (secondary N) is 2. The summed E-state index contributed by atoms with van der Waals surface area (Å²) >= 11 is 3.33. The fourth-order valence-corrected chi connectivity index (χ4v) is 3.69. The molecule has 152 valence electrons. The molecule has 0 radical (unpaired) electrons. The lowest BCUT2D eigenvalue weighted by Crippen LogP contribution is -2.42. The summed E-state index contributed by atoms with van der Waals surface area (Å²) in [6, 6.07) is 10.1. The first-order chi connectivity index (χ1) is 13.5. The monoisotopic (exact) mass is 469 g/mol. The normalized spacial score (nSPS) is 19.3. The summed E-state index contributed by atoms with van der Waals surface area (Å²) in [6.45, 7) is 0.874. The Hall–Kier alpha value is -2.88. The lowest BCUT2D eigenvalue weighted by atomic mass is 9.92. The predicted molar refractivity (Wildman–Crippen MR) is 102 cm³/mol. The highest BCUT2D eigenvalue weighted by Crippen LogP contribution is 2.34. The Morgan fingerprint density at radius 2 is 1.86 bits per heavy atom. The smallest absolute Gasteiger partial charge is 0.325 e. The van der Waals surface area contributed by atoms with Gasteiger partial charge in [0.25, 0.3) is 5.91 Å². The molecule has 10 heteroatoms. The first-order valence-corrected chi connectivity index (χ1v) is 9.18. The fraction of sp³-hybridized carbons (Fsp3) is 0.211. The summed E-state index contributed by atoms with van der Waals surface area (Å²) in [4.78, 5) is 38.1. The molecule has 1 fully saturated rings. The highest BCUT2D eigenvalue weighted by molar-refractivity contribution is 9.10. The molecule has 2 N–H and O–H groups in total. The van der Waals surface area contributed by atoms with Crippen molar-refractivity contribution in [3.05, 3.63) is 64.1 Å². The molecule has 3 rings (SSSR count). The second kappa shape index (κ2) is 7.51. The number of carbonyl (C=O) groups excluding carboxylic acids is 3. The number of rotatable bonds is 4. The van der Waals surface area contributed by atoms with Crippen LogP contribution in [0.1, 0.15) is 18.1 Å². The molecule has 1 heterocycles. The van der Waals surface area contributed by atoms with Gasteiger partial charge in [-0.15, -0.1) is 0 Å². The van der Waals surface area contributed by atoms with Crippen molar-refractivity contribution in [1.29, 1.82) is 0 Å². The van der Waals surface area contributed by atoms with E-state index in [1.807, 2.05) is 0 Å². The number of anilines is 1. The van der Waals surface area contributed by atoms with Gasteiger partial charge < -0.3 is 10.6 Å². The van der Waals surface area contributed by atoms with Crippen LogP contribution in [-0.2, 0) is 21.3 Å². The number of urea groups is 1. The van der Waals surface area contributed by atoms with E-state index in [-0.39, 0.29) is 5.69 Å². The SMILES string of the molecule is C[C@]1(c2ccccc2Br)NC(=O)N(CC(=O)Nc2cccc(C(F)(F)F)c2)C1=O. The van der Waals surface area contributed by atoms with Gasteiger partial charge in [0.1, 0.15) is 12.1 Å². The molecule has 0 bridgehead atoms. The van der Waals surface area contributed by atoms with Crippen molar-refractivity contribution >= 4 is 39.5 Å². The minimum atomic E-state index is -4.56. The van der Waals surface area contributed by atoms with Gasteiger partial charge >= 0.3 is 12.2 Å². The molecular formula is C19H15BrF3N3O3. The predicted octanol–water partition coefficient (Wildman–Crippen LogP) is 3.87. The van der Waals surface area contributed by atoms with Crippen LogP contribution in [0.25, 0.3) is 0 Å². The third kappa shape index (κ3) is 4.12. The average Bonchev–Trinajstić information content (AvgIpc) is 2.85. The van der Waals surface area contributed by atoms with Gasteiger partial charge in [0.2, 0.25) is 5.91 Å². The van der Waals surface area contributed by atoms with E-state index in [4.69, 9.17) is 0 Å². The molecule has 29 heavy (non-hydrogen) atoms. The van der Waals surface area contributed by atoms with E-state index >= 15 is 0 Å². The van der Waals surface area contributed by atoms with Gasteiger partial charge in [-0.05, 0) is 31.2 Å². The zero-order valence-electron chi connectivity index (χ0n) is 15.0. The van der Waals surface area contributed by atoms with Crippen LogP contribution in [0.5, 0.6) is 0 Å². The number of nitrogens with zero attached hydrogens (tertiary/aromatic N) is 1. The number of alkyl halides is 3. The molecule has 1 saturated heterocycles. The molecule has 2 aromatic rings. The minimum absolute atomic E-state index is 0.0922. The zero-order valence-corrected chi connectivity index (χ0v) is 16.6. The highest BCUT2D eigenvalue weighted by Gasteiger charge is 2.50. The summed E-state index contributed by atoms with van der Waals surface area (Å²) in [5.41, 5.74) is -1.88. The maximum atomic E-state index is 12.9. The maximum absolute atomic E-state index is 12.9. The number of imide groups is 1. The molecule has 1 aliphatic heterocycles. The maximum Gasteiger partial charge on any atom is 0.416 e. The van der Waals surface area contributed by atoms with E-state index in [1.54, 1.807) is 24.3 Å². The molecule has 0 aliphatic carbocycles. The van der Waals surface area contributed by atoms with Crippen molar-refractivity contribution in [2.75, 3.05) is 11.9 Å². The molecule has 0 spiro atoms. The van der Waals surface area contributed by atoms with E-state index in [0.29, 0.717) is 10.0 Å². The van der Waals surface area contributed by atoms with Crippen LogP contribution in [0.3, 0.4) is 0 Å². The lowest BCUT2D eigenvalue weighted by molar-refractivity contribution is -0.137. The Morgan fingerprint density at radius 3 is 2.52 bits per heavy atom. The standard InChI is InChI=1S/C19H15BrF3N3O3/c1-18(13-7-2-3-8-14(13)20)16(28)26(17(29)25-18)10-15(27)24-12-6-4-5-11(9-12)19(21,22)23/h2-9H,10H2,1H3,(H,24,27)(H,25,29)/t18-/m1/s1. The van der Waals surface area contributed by atoms with Crippen molar-refractivity contribution in [2.45, 2.75) is 18.6 Å². The molecule has 0 unspecified atom stereocenters. The van der Waals surface area contributed by atoms with Crippen LogP contribution >= 0.6 is 15.9 Å². The Morgan fingerprint density at radius 1 is 1.17 bits per heavy atom. The summed E-state index contributed by atoms with van der Waals surface area (Å²) in [5, 5.41) is 4.84. The number of amides is 4. The van der Waals surface area contributed by atoms with Crippen LogP contribution in [0.15, 0.2) is 53.0 Å². The Balaban J connectivity index is 1.75. The second-order valence-corrected chi connectivity index (χ2v) is 7.41.